The number of benzene rings is 1. The first-order chi connectivity index (χ1) is 11.1. The Hall–Kier alpha value is -1.71. The standard InChI is InChI=1S/C14H17N5O2S2/c1-19(7-22)14-18-17-13(23-14)16-15-9-5-6-10(20)8-3-2-4-11(21)12(8)9/h5-6,11,20-22H,2-4,7H2,1H3/b16-15+. The number of rotatable bonds is 4. The third-order valence-corrected chi connectivity index (χ3v) is 5.08. The second-order valence-corrected chi connectivity index (χ2v) is 6.53. The maximum absolute atomic E-state index is 10.2. The molecule has 0 spiro atoms. The summed E-state index contributed by atoms with van der Waals surface area (Å²) in [6.45, 7) is 0. The molecule has 0 aliphatic heterocycles. The highest BCUT2D eigenvalue weighted by molar-refractivity contribution is 7.80. The van der Waals surface area contributed by atoms with Gasteiger partial charge in [-0.15, -0.1) is 20.4 Å². The van der Waals surface area contributed by atoms with Crippen molar-refractivity contribution in [1.29, 1.82) is 0 Å². The van der Waals surface area contributed by atoms with Gasteiger partial charge in [-0.05, 0) is 31.4 Å². The molecule has 1 atom stereocenters. The monoisotopic (exact) mass is 351 g/mol. The van der Waals surface area contributed by atoms with E-state index in [0.717, 1.165) is 18.4 Å². The Bertz CT molecular complexity index is 734. The van der Waals surface area contributed by atoms with E-state index in [-0.39, 0.29) is 5.75 Å². The molecule has 1 heterocycles. The zero-order chi connectivity index (χ0) is 16.4. The summed E-state index contributed by atoms with van der Waals surface area (Å²) in [5, 5.41) is 37.6. The van der Waals surface area contributed by atoms with E-state index < -0.39 is 6.10 Å². The van der Waals surface area contributed by atoms with Crippen LogP contribution in [0.25, 0.3) is 0 Å². The molecule has 1 aromatic carbocycles. The molecule has 9 heteroatoms. The molecule has 0 saturated carbocycles. The number of hydrogen-bond acceptors (Lipinski definition) is 9. The lowest BCUT2D eigenvalue weighted by Gasteiger charge is -2.23. The van der Waals surface area contributed by atoms with Crippen LogP contribution in [-0.4, -0.2) is 33.3 Å². The highest BCUT2D eigenvalue weighted by atomic mass is 32.1. The van der Waals surface area contributed by atoms with Crippen molar-refractivity contribution in [2.75, 3.05) is 17.8 Å². The first-order valence-corrected chi connectivity index (χ1v) is 8.65. The van der Waals surface area contributed by atoms with Crippen LogP contribution in [0.3, 0.4) is 0 Å². The van der Waals surface area contributed by atoms with Crippen LogP contribution < -0.4 is 4.90 Å². The number of anilines is 1. The topological polar surface area (TPSA) is 94.2 Å². The maximum atomic E-state index is 10.2. The molecule has 2 N–H and O–H groups in total. The van der Waals surface area contributed by atoms with Crippen molar-refractivity contribution in [3.63, 3.8) is 0 Å². The van der Waals surface area contributed by atoms with Gasteiger partial charge in [0.2, 0.25) is 5.13 Å². The molecule has 23 heavy (non-hydrogen) atoms. The quantitative estimate of drug-likeness (QED) is 0.446. The Kier molecular flexibility index (Phi) is 4.79. The van der Waals surface area contributed by atoms with Crippen molar-refractivity contribution in [2.45, 2.75) is 25.4 Å². The van der Waals surface area contributed by atoms with Gasteiger partial charge in [-0.3, -0.25) is 0 Å². The van der Waals surface area contributed by atoms with Gasteiger partial charge in [0.15, 0.2) is 0 Å². The van der Waals surface area contributed by atoms with E-state index in [1.165, 1.54) is 11.3 Å². The largest absolute Gasteiger partial charge is 0.508 e. The summed E-state index contributed by atoms with van der Waals surface area (Å²) in [4.78, 5) is 1.84. The van der Waals surface area contributed by atoms with Crippen LogP contribution in [-0.2, 0) is 6.42 Å². The zero-order valence-electron chi connectivity index (χ0n) is 12.5. The Labute approximate surface area is 143 Å². The molecule has 3 rings (SSSR count). The molecule has 0 amide bonds. The van der Waals surface area contributed by atoms with Gasteiger partial charge in [-0.25, -0.2) is 0 Å². The van der Waals surface area contributed by atoms with Crippen LogP contribution in [0.15, 0.2) is 22.4 Å². The SMILES string of the molecule is CN(CS)c1nnc(/N=N/c2ccc(O)c3c2C(O)CCC3)s1. The molecule has 1 unspecified atom stereocenters. The Morgan fingerprint density at radius 3 is 3.00 bits per heavy atom. The maximum Gasteiger partial charge on any atom is 0.253 e. The van der Waals surface area contributed by atoms with E-state index >= 15 is 0 Å². The molecule has 122 valence electrons. The van der Waals surface area contributed by atoms with Gasteiger partial charge >= 0.3 is 0 Å². The lowest BCUT2D eigenvalue weighted by Crippen LogP contribution is -2.13. The molecular weight excluding hydrogens is 334 g/mol. The van der Waals surface area contributed by atoms with Crippen LogP contribution in [0.4, 0.5) is 16.0 Å². The highest BCUT2D eigenvalue weighted by Gasteiger charge is 2.24. The van der Waals surface area contributed by atoms with E-state index in [2.05, 4.69) is 33.1 Å². The fraction of sp³-hybridized carbons (Fsp3) is 0.429. The van der Waals surface area contributed by atoms with Crippen LogP contribution in [0.2, 0.25) is 0 Å². The number of aliphatic hydroxyl groups is 1. The summed E-state index contributed by atoms with van der Waals surface area (Å²) in [5.41, 5.74) is 1.98. The van der Waals surface area contributed by atoms with Crippen molar-refractivity contribution < 1.29 is 10.2 Å². The Balaban J connectivity index is 1.90. The molecule has 0 saturated heterocycles. The Morgan fingerprint density at radius 2 is 2.22 bits per heavy atom. The molecule has 2 aromatic rings. The van der Waals surface area contributed by atoms with Gasteiger partial charge < -0.3 is 15.1 Å². The number of nitrogens with zero attached hydrogens (tertiary/aromatic N) is 5. The van der Waals surface area contributed by atoms with Crippen molar-refractivity contribution in [2.24, 2.45) is 10.2 Å². The smallest absolute Gasteiger partial charge is 0.253 e. The number of aromatic nitrogens is 2. The van der Waals surface area contributed by atoms with E-state index in [4.69, 9.17) is 0 Å². The number of phenolic OH excluding ortho intramolecular Hbond substituents is 1. The molecule has 0 bridgehead atoms. The van der Waals surface area contributed by atoms with Gasteiger partial charge in [0.25, 0.3) is 5.13 Å². The van der Waals surface area contributed by atoms with E-state index in [9.17, 15) is 10.2 Å². The molecule has 7 nitrogen and oxygen atoms in total. The van der Waals surface area contributed by atoms with E-state index in [1.54, 1.807) is 12.1 Å². The van der Waals surface area contributed by atoms with Crippen LogP contribution in [0.1, 0.15) is 30.1 Å². The second-order valence-electron chi connectivity index (χ2n) is 5.31. The lowest BCUT2D eigenvalue weighted by atomic mass is 9.87. The predicted molar refractivity (Wildman–Crippen MR) is 92.3 cm³/mol. The molecule has 0 fully saturated rings. The minimum Gasteiger partial charge on any atom is -0.508 e. The molecular formula is C14H17N5O2S2. The van der Waals surface area contributed by atoms with E-state index in [0.29, 0.717) is 33.8 Å². The number of azo groups is 1. The lowest BCUT2D eigenvalue weighted by molar-refractivity contribution is 0.156. The van der Waals surface area contributed by atoms with Crippen molar-refractivity contribution in [3.05, 3.63) is 23.3 Å². The fourth-order valence-electron chi connectivity index (χ4n) is 2.54. The number of aliphatic hydroxyl groups excluding tert-OH is 1. The number of hydrogen-bond donors (Lipinski definition) is 3. The highest BCUT2D eigenvalue weighted by Crippen LogP contribution is 2.41. The average molecular weight is 351 g/mol. The summed E-state index contributed by atoms with van der Waals surface area (Å²) in [6.07, 6.45) is 1.62. The first-order valence-electron chi connectivity index (χ1n) is 7.20. The molecule has 1 aliphatic carbocycles. The summed E-state index contributed by atoms with van der Waals surface area (Å²) >= 11 is 5.49. The van der Waals surface area contributed by atoms with Gasteiger partial charge in [0.1, 0.15) is 5.75 Å². The van der Waals surface area contributed by atoms with Gasteiger partial charge in [-0.1, -0.05) is 11.3 Å². The van der Waals surface area contributed by atoms with Crippen molar-refractivity contribution >= 4 is 39.9 Å². The summed E-state index contributed by atoms with van der Waals surface area (Å²) in [7, 11) is 1.86. The van der Waals surface area contributed by atoms with Crippen molar-refractivity contribution in [1.82, 2.24) is 10.2 Å². The number of phenols is 1. The Morgan fingerprint density at radius 1 is 1.39 bits per heavy atom. The van der Waals surface area contributed by atoms with E-state index in [1.807, 2.05) is 11.9 Å². The fourth-order valence-corrected chi connectivity index (χ4v) is 3.40. The van der Waals surface area contributed by atoms with Crippen LogP contribution >= 0.6 is 24.0 Å². The third kappa shape index (κ3) is 3.31. The van der Waals surface area contributed by atoms with Gasteiger partial charge in [0, 0.05) is 18.2 Å². The number of thiol groups is 1. The van der Waals surface area contributed by atoms with Gasteiger partial charge in [-0.2, -0.15) is 12.6 Å². The number of aromatic hydroxyl groups is 1. The minimum absolute atomic E-state index is 0.200. The van der Waals surface area contributed by atoms with Gasteiger partial charge in [0.05, 0.1) is 17.7 Å². The third-order valence-electron chi connectivity index (χ3n) is 3.73. The normalized spacial score (nSPS) is 17.4. The minimum atomic E-state index is -0.625. The second kappa shape index (κ2) is 6.81. The average Bonchev–Trinajstić information content (AvgIpc) is 3.03. The van der Waals surface area contributed by atoms with Crippen molar-refractivity contribution in [3.8, 4) is 5.75 Å². The molecule has 0 radical (unpaired) electrons. The summed E-state index contributed by atoms with van der Waals surface area (Å²) in [5.74, 6) is 0.731. The summed E-state index contributed by atoms with van der Waals surface area (Å²) in [6, 6.07) is 3.25. The molecule has 1 aliphatic rings. The summed E-state index contributed by atoms with van der Waals surface area (Å²) < 4.78 is 0. The number of fused-ring (bicyclic) bond motifs is 1. The first kappa shape index (κ1) is 16.2. The van der Waals surface area contributed by atoms with Crippen LogP contribution in [0, 0.1) is 0 Å². The molecule has 1 aromatic heterocycles. The zero-order valence-corrected chi connectivity index (χ0v) is 14.3. The predicted octanol–water partition coefficient (Wildman–Crippen LogP) is 3.35. The van der Waals surface area contributed by atoms with Crippen LogP contribution in [0.5, 0.6) is 5.75 Å².